The molecule has 0 spiro atoms. The highest BCUT2D eigenvalue weighted by molar-refractivity contribution is 14.0. The molecule has 1 amide bonds. The van der Waals surface area contributed by atoms with Crippen molar-refractivity contribution in [2.24, 2.45) is 10.9 Å². The minimum atomic E-state index is 0. The van der Waals surface area contributed by atoms with Gasteiger partial charge in [0.15, 0.2) is 5.96 Å². The average molecular weight is 507 g/mol. The highest BCUT2D eigenvalue weighted by Crippen LogP contribution is 2.19. The molecular formula is C19H34IN5OS. The fourth-order valence-electron chi connectivity index (χ4n) is 2.94. The number of hydrogen-bond donors (Lipinski definition) is 2. The van der Waals surface area contributed by atoms with Gasteiger partial charge in [0.1, 0.15) is 0 Å². The number of hydrogen-bond acceptors (Lipinski definition) is 4. The second-order valence-corrected chi connectivity index (χ2v) is 8.30. The van der Waals surface area contributed by atoms with E-state index in [1.165, 1.54) is 5.01 Å². The Labute approximate surface area is 184 Å². The predicted molar refractivity (Wildman–Crippen MR) is 124 cm³/mol. The molecule has 1 unspecified atom stereocenters. The molecule has 0 saturated carbocycles. The SMILES string of the molecule is CCNC(=NCCc1csc(C(C)C)n1)NC1CCN(C(=O)C(C)C)C1.I. The maximum Gasteiger partial charge on any atom is 0.225 e. The van der Waals surface area contributed by atoms with E-state index in [4.69, 9.17) is 0 Å². The van der Waals surface area contributed by atoms with Crippen LogP contribution in [0.15, 0.2) is 10.4 Å². The Morgan fingerprint density at radius 2 is 2.15 bits per heavy atom. The molecule has 0 aliphatic carbocycles. The van der Waals surface area contributed by atoms with Gasteiger partial charge in [-0.1, -0.05) is 27.7 Å². The van der Waals surface area contributed by atoms with Crippen molar-refractivity contribution in [3.05, 3.63) is 16.1 Å². The van der Waals surface area contributed by atoms with Gasteiger partial charge in [-0.05, 0) is 13.3 Å². The van der Waals surface area contributed by atoms with Crippen LogP contribution in [0.2, 0.25) is 0 Å². The first-order chi connectivity index (χ1) is 12.4. The van der Waals surface area contributed by atoms with E-state index in [-0.39, 0.29) is 41.8 Å². The van der Waals surface area contributed by atoms with Crippen molar-refractivity contribution >= 4 is 47.2 Å². The molecule has 1 aliphatic rings. The van der Waals surface area contributed by atoms with E-state index in [0.29, 0.717) is 12.5 Å². The maximum atomic E-state index is 12.1. The third-order valence-corrected chi connectivity index (χ3v) is 5.57. The van der Waals surface area contributed by atoms with Crippen molar-refractivity contribution < 1.29 is 4.79 Å². The molecule has 154 valence electrons. The number of aromatic nitrogens is 1. The number of amides is 1. The summed E-state index contributed by atoms with van der Waals surface area (Å²) in [5.41, 5.74) is 1.12. The van der Waals surface area contributed by atoms with Gasteiger partial charge in [-0.2, -0.15) is 0 Å². The summed E-state index contributed by atoms with van der Waals surface area (Å²) < 4.78 is 0. The highest BCUT2D eigenvalue weighted by atomic mass is 127. The molecule has 8 heteroatoms. The van der Waals surface area contributed by atoms with Crippen LogP contribution < -0.4 is 10.6 Å². The molecule has 2 N–H and O–H groups in total. The lowest BCUT2D eigenvalue weighted by Gasteiger charge is -2.20. The van der Waals surface area contributed by atoms with E-state index in [1.54, 1.807) is 11.3 Å². The van der Waals surface area contributed by atoms with Gasteiger partial charge in [0.2, 0.25) is 5.91 Å². The lowest BCUT2D eigenvalue weighted by atomic mass is 10.2. The molecule has 1 aromatic heterocycles. The number of rotatable bonds is 7. The van der Waals surface area contributed by atoms with Crippen LogP contribution >= 0.6 is 35.3 Å². The van der Waals surface area contributed by atoms with Gasteiger partial charge in [0.25, 0.3) is 0 Å². The van der Waals surface area contributed by atoms with Gasteiger partial charge < -0.3 is 15.5 Å². The quantitative estimate of drug-likeness (QED) is 0.338. The Morgan fingerprint density at radius 3 is 2.74 bits per heavy atom. The van der Waals surface area contributed by atoms with Crippen LogP contribution in [0.25, 0.3) is 0 Å². The van der Waals surface area contributed by atoms with Crippen LogP contribution in [0.5, 0.6) is 0 Å². The first kappa shape index (κ1) is 24.1. The molecular weight excluding hydrogens is 473 g/mol. The summed E-state index contributed by atoms with van der Waals surface area (Å²) in [7, 11) is 0. The molecule has 1 aromatic rings. The maximum absolute atomic E-state index is 12.1. The van der Waals surface area contributed by atoms with Crippen LogP contribution in [-0.4, -0.2) is 54.0 Å². The Morgan fingerprint density at radius 1 is 1.41 bits per heavy atom. The van der Waals surface area contributed by atoms with Gasteiger partial charge in [-0.3, -0.25) is 9.79 Å². The molecule has 6 nitrogen and oxygen atoms in total. The Balaban J connectivity index is 0.00000364. The average Bonchev–Trinajstić information content (AvgIpc) is 3.23. The molecule has 0 aromatic carbocycles. The number of carbonyl (C=O) groups is 1. The lowest BCUT2D eigenvalue weighted by molar-refractivity contribution is -0.133. The summed E-state index contributed by atoms with van der Waals surface area (Å²) in [4.78, 5) is 23.4. The monoisotopic (exact) mass is 507 g/mol. The zero-order chi connectivity index (χ0) is 19.1. The fraction of sp³-hybridized carbons (Fsp3) is 0.737. The molecule has 2 heterocycles. The van der Waals surface area contributed by atoms with Gasteiger partial charge in [-0.25, -0.2) is 4.98 Å². The van der Waals surface area contributed by atoms with Crippen molar-refractivity contribution in [2.45, 2.75) is 59.4 Å². The van der Waals surface area contributed by atoms with Gasteiger partial charge in [0.05, 0.1) is 10.7 Å². The zero-order valence-corrected chi connectivity index (χ0v) is 20.3. The van der Waals surface area contributed by atoms with Gasteiger partial charge in [0, 0.05) is 55.9 Å². The Hall–Kier alpha value is -0.900. The van der Waals surface area contributed by atoms with E-state index in [0.717, 1.165) is 44.1 Å². The second kappa shape index (κ2) is 11.8. The minimum absolute atomic E-state index is 0. The van der Waals surface area contributed by atoms with Crippen LogP contribution in [0, 0.1) is 5.92 Å². The molecule has 1 saturated heterocycles. The fourth-order valence-corrected chi connectivity index (χ4v) is 3.81. The summed E-state index contributed by atoms with van der Waals surface area (Å²) in [5, 5.41) is 10.1. The van der Waals surface area contributed by atoms with E-state index >= 15 is 0 Å². The number of likely N-dealkylation sites (tertiary alicyclic amines) is 1. The van der Waals surface area contributed by atoms with Gasteiger partial charge >= 0.3 is 0 Å². The third-order valence-electron chi connectivity index (χ3n) is 4.38. The number of thiazole rings is 1. The van der Waals surface area contributed by atoms with Crippen LogP contribution in [-0.2, 0) is 11.2 Å². The van der Waals surface area contributed by atoms with E-state index in [9.17, 15) is 4.79 Å². The Bertz CT molecular complexity index is 617. The van der Waals surface area contributed by atoms with Gasteiger partial charge in [-0.15, -0.1) is 35.3 Å². The zero-order valence-electron chi connectivity index (χ0n) is 17.1. The molecule has 2 rings (SSSR count). The number of carbonyl (C=O) groups excluding carboxylic acids is 1. The molecule has 27 heavy (non-hydrogen) atoms. The third kappa shape index (κ3) is 7.56. The van der Waals surface area contributed by atoms with Crippen molar-refractivity contribution in [2.75, 3.05) is 26.2 Å². The Kier molecular flexibility index (Phi) is 10.6. The van der Waals surface area contributed by atoms with Crippen LogP contribution in [0.3, 0.4) is 0 Å². The summed E-state index contributed by atoms with van der Waals surface area (Å²) in [6, 6.07) is 0.266. The topological polar surface area (TPSA) is 69.6 Å². The second-order valence-electron chi connectivity index (χ2n) is 7.41. The number of guanidine groups is 1. The standard InChI is InChI=1S/C19H33N5OS.HI/c1-6-20-19(21-9-7-16-12-26-17(22-16)13(2)3)23-15-8-10-24(11-15)18(25)14(4)5;/h12-15H,6-11H2,1-5H3,(H2,20,21,23);1H. The highest BCUT2D eigenvalue weighted by Gasteiger charge is 2.27. The molecule has 0 radical (unpaired) electrons. The summed E-state index contributed by atoms with van der Waals surface area (Å²) in [6.07, 6.45) is 1.81. The summed E-state index contributed by atoms with van der Waals surface area (Å²) >= 11 is 1.73. The summed E-state index contributed by atoms with van der Waals surface area (Å²) in [5.74, 6) is 1.61. The summed E-state index contributed by atoms with van der Waals surface area (Å²) in [6.45, 7) is 13.4. The first-order valence-corrected chi connectivity index (χ1v) is 10.6. The predicted octanol–water partition coefficient (Wildman–Crippen LogP) is 3.24. The number of aliphatic imine (C=N–C) groups is 1. The smallest absolute Gasteiger partial charge is 0.225 e. The molecule has 1 aliphatic heterocycles. The van der Waals surface area contributed by atoms with Crippen molar-refractivity contribution in [1.29, 1.82) is 0 Å². The molecule has 1 fully saturated rings. The lowest BCUT2D eigenvalue weighted by Crippen LogP contribution is -2.45. The van der Waals surface area contributed by atoms with Crippen molar-refractivity contribution in [3.8, 4) is 0 Å². The molecule has 1 atom stereocenters. The first-order valence-electron chi connectivity index (χ1n) is 9.68. The normalized spacial score (nSPS) is 17.4. The molecule has 0 bridgehead atoms. The van der Waals surface area contributed by atoms with E-state index in [2.05, 4.69) is 46.8 Å². The van der Waals surface area contributed by atoms with Crippen molar-refractivity contribution in [3.63, 3.8) is 0 Å². The number of nitrogens with zero attached hydrogens (tertiary/aromatic N) is 3. The number of nitrogens with one attached hydrogen (secondary N) is 2. The minimum Gasteiger partial charge on any atom is -0.357 e. The number of halogens is 1. The van der Waals surface area contributed by atoms with Crippen LogP contribution in [0.4, 0.5) is 0 Å². The largest absolute Gasteiger partial charge is 0.357 e. The van der Waals surface area contributed by atoms with E-state index in [1.807, 2.05) is 18.7 Å². The van der Waals surface area contributed by atoms with Crippen molar-refractivity contribution in [1.82, 2.24) is 20.5 Å². The van der Waals surface area contributed by atoms with E-state index < -0.39 is 0 Å². The van der Waals surface area contributed by atoms with Crippen LogP contribution in [0.1, 0.15) is 57.7 Å².